The van der Waals surface area contributed by atoms with Crippen LogP contribution in [0.2, 0.25) is 0 Å². The molecule has 0 saturated carbocycles. The molecule has 0 aliphatic carbocycles. The molecule has 0 fully saturated rings. The monoisotopic (exact) mass is 251 g/mol. The average Bonchev–Trinajstić information content (AvgIpc) is 2.29. The van der Waals surface area contributed by atoms with Crippen molar-refractivity contribution in [1.82, 2.24) is 15.2 Å². The molecule has 1 aromatic heterocycles. The maximum atomic E-state index is 11.7. The van der Waals surface area contributed by atoms with Gasteiger partial charge in [-0.3, -0.25) is 4.79 Å². The largest absolute Gasteiger partial charge is 0.397 e. The van der Waals surface area contributed by atoms with E-state index >= 15 is 0 Å². The normalized spacial score (nSPS) is 10.4. The van der Waals surface area contributed by atoms with E-state index in [1.165, 1.54) is 0 Å². The summed E-state index contributed by atoms with van der Waals surface area (Å²) in [5.41, 5.74) is 6.17. The third-order valence-electron chi connectivity index (χ3n) is 2.42. The standard InChI is InChI=1S/C12H21N5O/c1-16(2)7-6-14-12(18)9-17(3)11-5-4-10(13)8-15-11/h4-5,8H,6-7,9,13H2,1-3H3,(H,14,18). The number of rotatable bonds is 6. The second-order valence-electron chi connectivity index (χ2n) is 4.46. The smallest absolute Gasteiger partial charge is 0.239 e. The zero-order valence-corrected chi connectivity index (χ0v) is 11.2. The number of amides is 1. The molecule has 0 saturated heterocycles. The summed E-state index contributed by atoms with van der Waals surface area (Å²) in [7, 11) is 5.76. The second kappa shape index (κ2) is 6.80. The van der Waals surface area contributed by atoms with Gasteiger partial charge in [0.2, 0.25) is 5.91 Å². The van der Waals surface area contributed by atoms with Gasteiger partial charge in [0.15, 0.2) is 0 Å². The van der Waals surface area contributed by atoms with Crippen LogP contribution in [-0.2, 0) is 4.79 Å². The van der Waals surface area contributed by atoms with Gasteiger partial charge in [0.1, 0.15) is 5.82 Å². The van der Waals surface area contributed by atoms with Crippen LogP contribution in [0.5, 0.6) is 0 Å². The fourth-order valence-corrected chi connectivity index (χ4v) is 1.39. The lowest BCUT2D eigenvalue weighted by atomic mass is 10.4. The molecule has 18 heavy (non-hydrogen) atoms. The van der Waals surface area contributed by atoms with Gasteiger partial charge in [-0.15, -0.1) is 0 Å². The third-order valence-corrected chi connectivity index (χ3v) is 2.42. The highest BCUT2D eigenvalue weighted by molar-refractivity contribution is 5.80. The van der Waals surface area contributed by atoms with Crippen molar-refractivity contribution in [2.75, 3.05) is 51.4 Å². The van der Waals surface area contributed by atoms with E-state index in [4.69, 9.17) is 5.73 Å². The lowest BCUT2D eigenvalue weighted by Crippen LogP contribution is -2.38. The summed E-state index contributed by atoms with van der Waals surface area (Å²) in [4.78, 5) is 19.6. The van der Waals surface area contributed by atoms with Gasteiger partial charge < -0.3 is 20.9 Å². The highest BCUT2D eigenvalue weighted by atomic mass is 16.2. The van der Waals surface area contributed by atoms with Gasteiger partial charge in [0.25, 0.3) is 0 Å². The SMILES string of the molecule is CN(C)CCNC(=O)CN(C)c1ccc(N)cn1. The number of nitrogens with one attached hydrogen (secondary N) is 1. The van der Waals surface area contributed by atoms with Crippen molar-refractivity contribution < 1.29 is 4.79 Å². The summed E-state index contributed by atoms with van der Waals surface area (Å²) in [5.74, 6) is 0.713. The van der Waals surface area contributed by atoms with Crippen LogP contribution >= 0.6 is 0 Å². The predicted molar refractivity (Wildman–Crippen MR) is 73.5 cm³/mol. The lowest BCUT2D eigenvalue weighted by molar-refractivity contribution is -0.119. The fraction of sp³-hybridized carbons (Fsp3) is 0.500. The lowest BCUT2D eigenvalue weighted by Gasteiger charge is -2.18. The first-order chi connectivity index (χ1) is 8.49. The minimum absolute atomic E-state index is 0.0158. The maximum absolute atomic E-state index is 11.7. The fourth-order valence-electron chi connectivity index (χ4n) is 1.39. The number of likely N-dealkylation sites (N-methyl/N-ethyl adjacent to an activating group) is 2. The van der Waals surface area contributed by atoms with E-state index in [-0.39, 0.29) is 12.5 Å². The van der Waals surface area contributed by atoms with E-state index in [1.807, 2.05) is 26.0 Å². The Morgan fingerprint density at radius 1 is 1.39 bits per heavy atom. The molecule has 0 unspecified atom stereocenters. The van der Waals surface area contributed by atoms with Gasteiger partial charge in [-0.25, -0.2) is 4.98 Å². The first-order valence-corrected chi connectivity index (χ1v) is 5.83. The van der Waals surface area contributed by atoms with E-state index in [1.54, 1.807) is 23.2 Å². The highest BCUT2D eigenvalue weighted by Gasteiger charge is 2.07. The van der Waals surface area contributed by atoms with Crippen LogP contribution in [0.25, 0.3) is 0 Å². The number of hydrogen-bond acceptors (Lipinski definition) is 5. The first kappa shape index (κ1) is 14.2. The number of hydrogen-bond donors (Lipinski definition) is 2. The van der Waals surface area contributed by atoms with E-state index in [9.17, 15) is 4.79 Å². The van der Waals surface area contributed by atoms with Crippen molar-refractivity contribution in [3.63, 3.8) is 0 Å². The Hall–Kier alpha value is -1.82. The number of nitrogens with zero attached hydrogens (tertiary/aromatic N) is 3. The van der Waals surface area contributed by atoms with Gasteiger partial charge in [-0.2, -0.15) is 0 Å². The van der Waals surface area contributed by atoms with Crippen LogP contribution in [-0.4, -0.2) is 56.6 Å². The quantitative estimate of drug-likeness (QED) is 0.731. The average molecular weight is 251 g/mol. The van der Waals surface area contributed by atoms with Gasteiger partial charge in [0, 0.05) is 20.1 Å². The van der Waals surface area contributed by atoms with Crippen molar-refractivity contribution in [2.24, 2.45) is 0 Å². The van der Waals surface area contributed by atoms with Crippen LogP contribution in [0.3, 0.4) is 0 Å². The third kappa shape index (κ3) is 5.01. The van der Waals surface area contributed by atoms with Crippen LogP contribution in [0, 0.1) is 0 Å². The number of nitrogens with two attached hydrogens (primary N) is 1. The van der Waals surface area contributed by atoms with Crippen LogP contribution in [0.1, 0.15) is 0 Å². The van der Waals surface area contributed by atoms with Gasteiger partial charge in [0.05, 0.1) is 18.4 Å². The Kier molecular flexibility index (Phi) is 5.38. The molecule has 100 valence electrons. The molecule has 1 heterocycles. The Bertz CT molecular complexity index is 377. The molecule has 0 atom stereocenters. The topological polar surface area (TPSA) is 74.5 Å². The summed E-state index contributed by atoms with van der Waals surface area (Å²) in [5, 5.41) is 2.85. The number of aromatic nitrogens is 1. The van der Waals surface area contributed by atoms with E-state index < -0.39 is 0 Å². The molecule has 0 aliphatic heterocycles. The minimum Gasteiger partial charge on any atom is -0.397 e. The highest BCUT2D eigenvalue weighted by Crippen LogP contribution is 2.09. The zero-order valence-electron chi connectivity index (χ0n) is 11.2. The Morgan fingerprint density at radius 2 is 2.11 bits per heavy atom. The molecule has 1 amide bonds. The maximum Gasteiger partial charge on any atom is 0.239 e. The number of pyridine rings is 1. The summed E-state index contributed by atoms with van der Waals surface area (Å²) in [6.45, 7) is 1.76. The van der Waals surface area contributed by atoms with Crippen molar-refractivity contribution in [2.45, 2.75) is 0 Å². The van der Waals surface area contributed by atoms with Gasteiger partial charge >= 0.3 is 0 Å². The molecule has 0 bridgehead atoms. The Morgan fingerprint density at radius 3 is 2.67 bits per heavy atom. The zero-order chi connectivity index (χ0) is 13.5. The number of anilines is 2. The van der Waals surface area contributed by atoms with Gasteiger partial charge in [-0.05, 0) is 26.2 Å². The number of carbonyl (C=O) groups excluding carboxylic acids is 1. The molecule has 6 nitrogen and oxygen atoms in total. The predicted octanol–water partition coefficient (Wildman–Crippen LogP) is -0.222. The molecule has 0 aromatic carbocycles. The molecule has 3 N–H and O–H groups in total. The van der Waals surface area contributed by atoms with Crippen molar-refractivity contribution >= 4 is 17.4 Å². The molecular formula is C12H21N5O. The summed E-state index contributed by atoms with van der Waals surface area (Å²) < 4.78 is 0. The summed E-state index contributed by atoms with van der Waals surface area (Å²) in [6.07, 6.45) is 1.58. The van der Waals surface area contributed by atoms with Gasteiger partial charge in [-0.1, -0.05) is 0 Å². The molecule has 1 aromatic rings. The molecule has 6 heteroatoms. The summed E-state index contributed by atoms with van der Waals surface area (Å²) in [6, 6.07) is 3.56. The Balaban J connectivity index is 2.37. The molecular weight excluding hydrogens is 230 g/mol. The van der Waals surface area contributed by atoms with Crippen molar-refractivity contribution in [3.8, 4) is 0 Å². The van der Waals surface area contributed by atoms with Crippen molar-refractivity contribution in [1.29, 1.82) is 0 Å². The van der Waals surface area contributed by atoms with Crippen molar-refractivity contribution in [3.05, 3.63) is 18.3 Å². The molecule has 0 spiro atoms. The number of carbonyl (C=O) groups is 1. The molecule has 0 aliphatic rings. The molecule has 0 radical (unpaired) electrons. The summed E-state index contributed by atoms with van der Waals surface area (Å²) >= 11 is 0. The van der Waals surface area contributed by atoms with Crippen LogP contribution < -0.4 is 16.0 Å². The van der Waals surface area contributed by atoms with E-state index in [2.05, 4.69) is 10.3 Å². The van der Waals surface area contributed by atoms with Crippen LogP contribution in [0.15, 0.2) is 18.3 Å². The van der Waals surface area contributed by atoms with Crippen LogP contribution in [0.4, 0.5) is 11.5 Å². The van der Waals surface area contributed by atoms with E-state index in [0.717, 1.165) is 12.4 Å². The first-order valence-electron chi connectivity index (χ1n) is 5.83. The molecule has 1 rings (SSSR count). The second-order valence-corrected chi connectivity index (χ2v) is 4.46. The Labute approximate surface area is 108 Å². The minimum atomic E-state index is -0.0158. The van der Waals surface area contributed by atoms with E-state index in [0.29, 0.717) is 12.2 Å². The number of nitrogen functional groups attached to an aromatic ring is 1.